The number of carbonyl (C=O) groups excluding carboxylic acids is 1. The smallest absolute Gasteiger partial charge is 0.220 e. The Bertz CT molecular complexity index is 587. The Morgan fingerprint density at radius 1 is 1.33 bits per heavy atom. The molecule has 1 fully saturated rings. The van der Waals surface area contributed by atoms with E-state index in [1.54, 1.807) is 12.1 Å². The molecule has 1 aromatic carbocycles. The van der Waals surface area contributed by atoms with E-state index in [2.05, 4.69) is 10.0 Å². The zero-order valence-electron chi connectivity index (χ0n) is 11.5. The molecule has 0 bridgehead atoms. The molecule has 0 saturated carbocycles. The standard InChI is InChI=1S/C13H19N3O3S2/c14-10-1-4-12(5-2-10)20-7-8-21(18,19)15-9-11-3-6-13(17)16-11/h1-2,4-5,11,15H,3,6-9,14H2,(H,16,17). The number of amides is 1. The van der Waals surface area contributed by atoms with Crippen molar-refractivity contribution in [3.63, 3.8) is 0 Å². The van der Waals surface area contributed by atoms with Gasteiger partial charge in [-0.15, -0.1) is 11.8 Å². The summed E-state index contributed by atoms with van der Waals surface area (Å²) < 4.78 is 26.3. The molecular weight excluding hydrogens is 310 g/mol. The number of sulfonamides is 1. The summed E-state index contributed by atoms with van der Waals surface area (Å²) in [4.78, 5) is 12.0. The van der Waals surface area contributed by atoms with E-state index in [1.807, 2.05) is 12.1 Å². The van der Waals surface area contributed by atoms with Gasteiger partial charge in [-0.25, -0.2) is 13.1 Å². The predicted molar refractivity (Wildman–Crippen MR) is 84.5 cm³/mol. The zero-order chi connectivity index (χ0) is 15.3. The van der Waals surface area contributed by atoms with Crippen molar-refractivity contribution < 1.29 is 13.2 Å². The van der Waals surface area contributed by atoms with Crippen molar-refractivity contribution in [1.82, 2.24) is 10.0 Å². The third-order valence-electron chi connectivity index (χ3n) is 3.14. The number of carbonyl (C=O) groups is 1. The molecule has 6 nitrogen and oxygen atoms in total. The zero-order valence-corrected chi connectivity index (χ0v) is 13.2. The largest absolute Gasteiger partial charge is 0.399 e. The highest BCUT2D eigenvalue weighted by Gasteiger charge is 2.22. The molecule has 21 heavy (non-hydrogen) atoms. The van der Waals surface area contributed by atoms with Gasteiger partial charge in [-0.3, -0.25) is 4.79 Å². The number of thioether (sulfide) groups is 1. The molecule has 4 N–H and O–H groups in total. The van der Waals surface area contributed by atoms with Crippen LogP contribution in [0.25, 0.3) is 0 Å². The van der Waals surface area contributed by atoms with E-state index in [9.17, 15) is 13.2 Å². The summed E-state index contributed by atoms with van der Waals surface area (Å²) in [7, 11) is -3.31. The number of nitrogen functional groups attached to an aromatic ring is 1. The minimum atomic E-state index is -3.31. The number of hydrogen-bond donors (Lipinski definition) is 3. The van der Waals surface area contributed by atoms with Crippen molar-refractivity contribution >= 4 is 33.4 Å². The Kier molecular flexibility index (Phi) is 5.49. The van der Waals surface area contributed by atoms with Gasteiger partial charge in [0.2, 0.25) is 15.9 Å². The highest BCUT2D eigenvalue weighted by atomic mass is 32.2. The van der Waals surface area contributed by atoms with Crippen LogP contribution in [0.4, 0.5) is 5.69 Å². The van der Waals surface area contributed by atoms with E-state index >= 15 is 0 Å². The number of anilines is 1. The van der Waals surface area contributed by atoms with Gasteiger partial charge < -0.3 is 11.1 Å². The summed E-state index contributed by atoms with van der Waals surface area (Å²) in [5.74, 6) is 0.497. The van der Waals surface area contributed by atoms with Crippen molar-refractivity contribution in [2.24, 2.45) is 0 Å². The Hall–Kier alpha value is -1.25. The van der Waals surface area contributed by atoms with Gasteiger partial charge in [-0.05, 0) is 30.7 Å². The first-order valence-electron chi connectivity index (χ1n) is 6.70. The molecule has 0 radical (unpaired) electrons. The molecule has 1 saturated heterocycles. The predicted octanol–water partition coefficient (Wildman–Crippen LogP) is 0.559. The van der Waals surface area contributed by atoms with Crippen molar-refractivity contribution in [3.05, 3.63) is 24.3 Å². The summed E-state index contributed by atoms with van der Waals surface area (Å²) in [6.45, 7) is 0.264. The third kappa shape index (κ3) is 5.56. The average molecular weight is 329 g/mol. The van der Waals surface area contributed by atoms with Gasteiger partial charge >= 0.3 is 0 Å². The maximum atomic E-state index is 11.9. The molecule has 0 aromatic heterocycles. The van der Waals surface area contributed by atoms with E-state index in [0.717, 1.165) is 4.90 Å². The Morgan fingerprint density at radius 3 is 2.67 bits per heavy atom. The Morgan fingerprint density at radius 2 is 2.05 bits per heavy atom. The summed E-state index contributed by atoms with van der Waals surface area (Å²) in [6, 6.07) is 7.23. The molecule has 1 aliphatic rings. The maximum absolute atomic E-state index is 11.9. The lowest BCUT2D eigenvalue weighted by Crippen LogP contribution is -2.39. The summed E-state index contributed by atoms with van der Waals surface area (Å²) in [5, 5.41) is 2.73. The van der Waals surface area contributed by atoms with Crippen molar-refractivity contribution in [2.75, 3.05) is 23.8 Å². The van der Waals surface area contributed by atoms with Crippen LogP contribution in [-0.2, 0) is 14.8 Å². The summed E-state index contributed by atoms with van der Waals surface area (Å²) in [6.07, 6.45) is 1.15. The molecular formula is C13H19N3O3S2. The molecule has 2 rings (SSSR count). The molecule has 1 atom stereocenters. The average Bonchev–Trinajstić information content (AvgIpc) is 2.85. The minimum Gasteiger partial charge on any atom is -0.399 e. The van der Waals surface area contributed by atoms with Crippen LogP contribution in [0.15, 0.2) is 29.2 Å². The lowest BCUT2D eigenvalue weighted by molar-refractivity contribution is -0.119. The first kappa shape index (κ1) is 16.1. The van der Waals surface area contributed by atoms with Crippen LogP contribution in [0.3, 0.4) is 0 Å². The van der Waals surface area contributed by atoms with Gasteiger partial charge in [0.1, 0.15) is 0 Å². The molecule has 8 heteroatoms. The van der Waals surface area contributed by atoms with Crippen molar-refractivity contribution in [1.29, 1.82) is 0 Å². The van der Waals surface area contributed by atoms with E-state index in [0.29, 0.717) is 24.3 Å². The maximum Gasteiger partial charge on any atom is 0.220 e. The number of hydrogen-bond acceptors (Lipinski definition) is 5. The normalized spacial score (nSPS) is 18.7. The van der Waals surface area contributed by atoms with Gasteiger partial charge in [0.15, 0.2) is 0 Å². The second-order valence-electron chi connectivity index (χ2n) is 4.89. The fraction of sp³-hybridized carbons (Fsp3) is 0.462. The lowest BCUT2D eigenvalue weighted by Gasteiger charge is -2.11. The number of benzene rings is 1. The van der Waals surface area contributed by atoms with E-state index < -0.39 is 10.0 Å². The molecule has 1 unspecified atom stereocenters. The molecule has 116 valence electrons. The number of nitrogens with two attached hydrogens (primary N) is 1. The van der Waals surface area contributed by atoms with E-state index in [1.165, 1.54) is 11.8 Å². The van der Waals surface area contributed by atoms with Crippen LogP contribution in [0.1, 0.15) is 12.8 Å². The van der Waals surface area contributed by atoms with Crippen LogP contribution in [0, 0.1) is 0 Å². The lowest BCUT2D eigenvalue weighted by atomic mass is 10.2. The highest BCUT2D eigenvalue weighted by Crippen LogP contribution is 2.19. The van der Waals surface area contributed by atoms with Gasteiger partial charge in [0, 0.05) is 35.3 Å². The van der Waals surface area contributed by atoms with Crippen LogP contribution in [-0.4, -0.2) is 38.4 Å². The summed E-state index contributed by atoms with van der Waals surface area (Å²) >= 11 is 1.47. The quantitative estimate of drug-likeness (QED) is 0.501. The third-order valence-corrected chi connectivity index (χ3v) is 5.76. The minimum absolute atomic E-state index is 0.0156. The molecule has 0 aliphatic carbocycles. The monoisotopic (exact) mass is 329 g/mol. The van der Waals surface area contributed by atoms with Gasteiger partial charge in [-0.2, -0.15) is 0 Å². The van der Waals surface area contributed by atoms with Gasteiger partial charge in [0.05, 0.1) is 5.75 Å². The number of nitrogens with one attached hydrogen (secondary N) is 2. The fourth-order valence-corrected chi connectivity index (χ4v) is 4.34. The second-order valence-corrected chi connectivity index (χ2v) is 7.98. The molecule has 1 heterocycles. The van der Waals surface area contributed by atoms with Crippen LogP contribution >= 0.6 is 11.8 Å². The first-order valence-corrected chi connectivity index (χ1v) is 9.33. The SMILES string of the molecule is Nc1ccc(SCCS(=O)(=O)NCC2CCC(=O)N2)cc1. The molecule has 0 spiro atoms. The van der Waals surface area contributed by atoms with Crippen LogP contribution in [0.2, 0.25) is 0 Å². The van der Waals surface area contributed by atoms with Crippen molar-refractivity contribution in [2.45, 2.75) is 23.8 Å². The van der Waals surface area contributed by atoms with Crippen molar-refractivity contribution in [3.8, 4) is 0 Å². The topological polar surface area (TPSA) is 101 Å². The van der Waals surface area contributed by atoms with Crippen LogP contribution in [0.5, 0.6) is 0 Å². The van der Waals surface area contributed by atoms with Crippen LogP contribution < -0.4 is 15.8 Å². The summed E-state index contributed by atoms with van der Waals surface area (Å²) in [5.41, 5.74) is 6.28. The second kappa shape index (κ2) is 7.15. The molecule has 1 aliphatic heterocycles. The Balaban J connectivity index is 1.71. The van der Waals surface area contributed by atoms with Gasteiger partial charge in [-0.1, -0.05) is 0 Å². The van der Waals surface area contributed by atoms with E-state index in [4.69, 9.17) is 5.73 Å². The molecule has 1 amide bonds. The highest BCUT2D eigenvalue weighted by molar-refractivity contribution is 8.00. The fourth-order valence-electron chi connectivity index (χ4n) is 1.96. The molecule has 1 aromatic rings. The number of rotatable bonds is 7. The van der Waals surface area contributed by atoms with Gasteiger partial charge in [0.25, 0.3) is 0 Å². The first-order chi connectivity index (χ1) is 9.94. The van der Waals surface area contributed by atoms with E-state index in [-0.39, 0.29) is 24.2 Å². The Labute approximate surface area is 128 Å².